The second-order valence-electron chi connectivity index (χ2n) is 9.40. The minimum Gasteiger partial charge on any atom is -0.465 e. The van der Waals surface area contributed by atoms with Crippen LogP contribution < -0.4 is 15.6 Å². The van der Waals surface area contributed by atoms with Crippen molar-refractivity contribution in [2.24, 2.45) is 13.0 Å². The van der Waals surface area contributed by atoms with Crippen LogP contribution in [0, 0.1) is 17.8 Å². The van der Waals surface area contributed by atoms with Gasteiger partial charge in [0, 0.05) is 32.0 Å². The van der Waals surface area contributed by atoms with Crippen LogP contribution in [0.15, 0.2) is 6.33 Å². The molecule has 5 rings (SSSR count). The summed E-state index contributed by atoms with van der Waals surface area (Å²) in [5.74, 6) is 7.18. The normalized spacial score (nSPS) is 23.0. The average molecular weight is 469 g/mol. The number of nitrogen functional groups attached to an aromatic ring is 1. The van der Waals surface area contributed by atoms with Crippen molar-refractivity contribution in [1.82, 2.24) is 24.8 Å². The first-order valence-corrected chi connectivity index (χ1v) is 11.9. The van der Waals surface area contributed by atoms with Crippen molar-refractivity contribution in [3.63, 3.8) is 0 Å². The van der Waals surface area contributed by atoms with Gasteiger partial charge >= 0.3 is 11.7 Å². The van der Waals surface area contributed by atoms with Crippen molar-refractivity contribution >= 4 is 29.0 Å². The maximum atomic E-state index is 12.4. The van der Waals surface area contributed by atoms with E-state index in [4.69, 9.17) is 15.6 Å². The van der Waals surface area contributed by atoms with Crippen molar-refractivity contribution in [3.05, 3.63) is 12.2 Å². The predicted molar refractivity (Wildman–Crippen MR) is 121 cm³/mol. The Bertz CT molecular complexity index is 1170. The molecule has 2 saturated heterocycles. The molecule has 2 aromatic heterocycles. The van der Waals surface area contributed by atoms with Crippen LogP contribution in [0.25, 0.3) is 11.2 Å². The van der Waals surface area contributed by atoms with E-state index in [-0.39, 0.29) is 12.1 Å². The summed E-state index contributed by atoms with van der Waals surface area (Å²) in [7, 11) is 1.87. The van der Waals surface area contributed by atoms with Crippen molar-refractivity contribution in [2.75, 3.05) is 18.8 Å². The lowest BCUT2D eigenvalue weighted by atomic mass is 9.94. The monoisotopic (exact) mass is 468 g/mol. The number of carbonyl (C=O) groups excluding carboxylic acids is 1. The van der Waals surface area contributed by atoms with Crippen molar-refractivity contribution < 1.29 is 24.0 Å². The summed E-state index contributed by atoms with van der Waals surface area (Å²) >= 11 is 0. The van der Waals surface area contributed by atoms with Crippen molar-refractivity contribution in [3.8, 4) is 11.8 Å². The number of hydrogen-bond acceptors (Lipinski definition) is 6. The van der Waals surface area contributed by atoms with E-state index in [1.165, 1.54) is 4.90 Å². The fourth-order valence-corrected chi connectivity index (χ4v) is 4.69. The summed E-state index contributed by atoms with van der Waals surface area (Å²) in [5, 5.41) is 12.1. The number of aromatic nitrogens is 4. The minimum atomic E-state index is -0.862. The molecule has 0 spiro atoms. The highest BCUT2D eigenvalue weighted by molar-refractivity contribution is 5.81. The quantitative estimate of drug-likeness (QED) is 0.448. The third kappa shape index (κ3) is 4.63. The molecule has 2 atom stereocenters. The summed E-state index contributed by atoms with van der Waals surface area (Å²) in [6.45, 7) is 1.09. The maximum Gasteiger partial charge on any atom is 0.407 e. The van der Waals surface area contributed by atoms with E-state index in [2.05, 4.69) is 27.1 Å². The molecule has 3 aliphatic rings. The van der Waals surface area contributed by atoms with Crippen molar-refractivity contribution in [2.45, 2.75) is 63.3 Å². The highest BCUT2D eigenvalue weighted by Gasteiger charge is 2.38. The second-order valence-corrected chi connectivity index (χ2v) is 9.40. The molecule has 11 nitrogen and oxygen atoms in total. The van der Waals surface area contributed by atoms with E-state index in [1.54, 1.807) is 0 Å². The number of hydrogen-bond donors (Lipinski definition) is 3. The molecule has 2 aromatic rings. The lowest BCUT2D eigenvalue weighted by Crippen LogP contribution is -2.41. The number of carboxylic acid groups (broad SMARTS) is 1. The first-order chi connectivity index (χ1) is 16.4. The fourth-order valence-electron chi connectivity index (χ4n) is 4.69. The summed E-state index contributed by atoms with van der Waals surface area (Å²) < 4.78 is 9.85. The Morgan fingerprint density at radius 3 is 2.71 bits per heavy atom. The highest BCUT2D eigenvalue weighted by Crippen LogP contribution is 2.28. The molecule has 180 valence electrons. The van der Waals surface area contributed by atoms with Crippen LogP contribution in [0.5, 0.6) is 0 Å². The molecular formula is C23H30N7O4+. The number of nitrogens with two attached hydrogens (primary N) is 1. The Morgan fingerprint density at radius 1 is 1.24 bits per heavy atom. The summed E-state index contributed by atoms with van der Waals surface area (Å²) in [4.78, 5) is 33.9. The van der Waals surface area contributed by atoms with Gasteiger partial charge in [-0.05, 0) is 43.9 Å². The molecule has 1 saturated carbocycles. The molecule has 34 heavy (non-hydrogen) atoms. The van der Waals surface area contributed by atoms with Crippen LogP contribution in [-0.4, -0.2) is 61.8 Å². The summed E-state index contributed by atoms with van der Waals surface area (Å²) in [6, 6.07) is 0.304. The Kier molecular flexibility index (Phi) is 6.00. The van der Waals surface area contributed by atoms with E-state index in [1.807, 2.05) is 22.5 Å². The average Bonchev–Trinajstić information content (AvgIpc) is 3.36. The van der Waals surface area contributed by atoms with Crippen LogP contribution >= 0.6 is 0 Å². The van der Waals surface area contributed by atoms with Crippen LogP contribution in [0.4, 0.5) is 10.6 Å². The van der Waals surface area contributed by atoms with Gasteiger partial charge in [0.15, 0.2) is 18.4 Å². The number of aryl methyl sites for hydroxylation is 1. The lowest BCUT2D eigenvalue weighted by molar-refractivity contribution is -0.738. The largest absolute Gasteiger partial charge is 0.465 e. The van der Waals surface area contributed by atoms with Gasteiger partial charge in [-0.3, -0.25) is 9.36 Å². The number of nitrogens with zero attached hydrogens (tertiary/aromatic N) is 5. The minimum absolute atomic E-state index is 0.0410. The lowest BCUT2D eigenvalue weighted by Gasteiger charge is -2.28. The number of fused-ring (bicyclic) bond motifs is 1. The van der Waals surface area contributed by atoms with Gasteiger partial charge in [0.2, 0.25) is 11.4 Å². The Morgan fingerprint density at radius 2 is 2.00 bits per heavy atom. The number of piperidine rings is 1. The molecule has 1 aliphatic carbocycles. The Balaban J connectivity index is 1.30. The van der Waals surface area contributed by atoms with Gasteiger partial charge in [-0.15, -0.1) is 0 Å². The van der Waals surface area contributed by atoms with Gasteiger partial charge in [0.25, 0.3) is 5.82 Å². The molecule has 11 heteroatoms. The molecule has 4 heterocycles. The fraction of sp³-hybridized carbons (Fsp3) is 0.609. The standard InChI is InChI=1S/C23H29N7O4/c1-28-13-30(18-8-7-16(34-18)22(31)25-15-5-6-15)21-19(28)20(24)26-17(27-21)4-2-3-14-9-11-29(12-10-14)23(32)33/h13-16,18H,3,5-12H2,1H3,(H3-,24,25,26,27,31,32,33)/p+1. The van der Waals surface area contributed by atoms with E-state index >= 15 is 0 Å². The number of rotatable bonds is 4. The maximum absolute atomic E-state index is 12.4. The Labute approximate surface area is 197 Å². The van der Waals surface area contributed by atoms with Crippen LogP contribution in [-0.2, 0) is 16.6 Å². The van der Waals surface area contributed by atoms with Gasteiger partial charge in [-0.25, -0.2) is 9.36 Å². The number of carbonyl (C=O) groups is 2. The Hall–Kier alpha value is -3.39. The van der Waals surface area contributed by atoms with E-state index in [0.717, 1.165) is 25.7 Å². The SMILES string of the molecule is Cn1c[n+](C2CCC(C(=O)NC3CC3)O2)c2nc(C#CCC3CCN(C(=O)O)CC3)nc(N)c21. The zero-order valence-corrected chi connectivity index (χ0v) is 19.2. The van der Waals surface area contributed by atoms with Gasteiger partial charge in [-0.1, -0.05) is 10.9 Å². The highest BCUT2D eigenvalue weighted by atomic mass is 16.5. The number of imidazole rings is 1. The zero-order chi connectivity index (χ0) is 23.8. The summed E-state index contributed by atoms with van der Waals surface area (Å²) in [5.41, 5.74) is 7.57. The second kappa shape index (κ2) is 9.10. The van der Waals surface area contributed by atoms with Crippen LogP contribution in [0.3, 0.4) is 0 Å². The van der Waals surface area contributed by atoms with E-state index in [0.29, 0.717) is 67.1 Å². The third-order valence-electron chi connectivity index (χ3n) is 6.79. The number of anilines is 1. The third-order valence-corrected chi connectivity index (χ3v) is 6.79. The molecule has 3 fully saturated rings. The van der Waals surface area contributed by atoms with Gasteiger partial charge in [0.1, 0.15) is 6.10 Å². The molecule has 0 aromatic carbocycles. The van der Waals surface area contributed by atoms with Crippen LogP contribution in [0.1, 0.15) is 57.0 Å². The number of amides is 2. The smallest absolute Gasteiger partial charge is 0.407 e. The molecule has 2 amide bonds. The number of likely N-dealkylation sites (tertiary alicyclic amines) is 1. The molecule has 2 aliphatic heterocycles. The number of ether oxygens (including phenoxy) is 1. The number of nitrogens with one attached hydrogen (secondary N) is 1. The molecule has 2 unspecified atom stereocenters. The zero-order valence-electron chi connectivity index (χ0n) is 19.2. The van der Waals surface area contributed by atoms with Crippen LogP contribution in [0.2, 0.25) is 0 Å². The predicted octanol–water partition coefficient (Wildman–Crippen LogP) is 0.926. The van der Waals surface area contributed by atoms with Gasteiger partial charge < -0.3 is 25.8 Å². The topological polar surface area (TPSA) is 139 Å². The molecule has 4 N–H and O–H groups in total. The van der Waals surface area contributed by atoms with Gasteiger partial charge in [-0.2, -0.15) is 4.98 Å². The van der Waals surface area contributed by atoms with Crippen molar-refractivity contribution in [1.29, 1.82) is 0 Å². The molecule has 0 bridgehead atoms. The van der Waals surface area contributed by atoms with Gasteiger partial charge in [0.05, 0.1) is 7.05 Å². The molecule has 0 radical (unpaired) electrons. The van der Waals surface area contributed by atoms with E-state index in [9.17, 15) is 9.59 Å². The molecular weight excluding hydrogens is 438 g/mol. The first kappa shape index (κ1) is 22.4. The summed E-state index contributed by atoms with van der Waals surface area (Å²) in [6.07, 6.45) is 5.94. The van der Waals surface area contributed by atoms with E-state index < -0.39 is 12.2 Å². The first-order valence-electron chi connectivity index (χ1n) is 11.9.